The fourth-order valence-electron chi connectivity index (χ4n) is 13.3. The van der Waals surface area contributed by atoms with Crippen molar-refractivity contribution in [1.29, 1.82) is 0 Å². The average molecular weight is 630 g/mol. The van der Waals surface area contributed by atoms with Gasteiger partial charge in [-0.3, -0.25) is 0 Å². The van der Waals surface area contributed by atoms with E-state index in [9.17, 15) is 9.70 Å². The highest BCUT2D eigenvalue weighted by molar-refractivity contribution is 5.90. The zero-order chi connectivity index (χ0) is 33.2. The van der Waals surface area contributed by atoms with Crippen molar-refractivity contribution in [2.45, 2.75) is 124 Å². The van der Waals surface area contributed by atoms with E-state index in [-0.39, 0.29) is 45.8 Å². The SMILES string of the molecule is C=C(C)[C@@H]1CC[C@]2(N=O)C[C@@H]3OC(C)(C)O[C@H]4C[C@H]5C(C)(C)C(c6ccc(C(=O)OC)cc6)=CC[C@]5(C)[C@H]5CC[C@H]([C@@H]12)[C@]3(C)[C@]45C. The van der Waals surface area contributed by atoms with E-state index in [4.69, 9.17) is 14.2 Å². The number of rotatable bonds is 4. The topological polar surface area (TPSA) is 74.2 Å². The van der Waals surface area contributed by atoms with E-state index in [0.717, 1.165) is 38.5 Å². The van der Waals surface area contributed by atoms with Crippen molar-refractivity contribution >= 4 is 11.5 Å². The number of esters is 1. The van der Waals surface area contributed by atoms with Crippen LogP contribution >= 0.6 is 0 Å². The molecule has 1 saturated heterocycles. The lowest BCUT2D eigenvalue weighted by atomic mass is 9.31. The number of methoxy groups -OCH3 is 1. The van der Waals surface area contributed by atoms with Crippen LogP contribution in [0.2, 0.25) is 0 Å². The molecule has 250 valence electrons. The maximum Gasteiger partial charge on any atom is 0.337 e. The molecule has 6 nitrogen and oxygen atoms in total. The van der Waals surface area contributed by atoms with Crippen LogP contribution in [0.3, 0.4) is 0 Å². The standard InChI is InChI=1S/C40H55NO5/c1-23(2)26-17-20-40(41-43)22-32-38(8)28(33(26)40)15-16-29-37(7)19-18-27(24-11-13-25(14-12-24)34(42)44-10)35(3,4)30(37)21-31(39(29,38)9)45-36(5,6)46-32/h11-14,18,26,28-33H,1,15-17,19-22H2,2-10H3/t26-,28+,29+,30-,31-,32-,33+,37+,38-,39-,40-/m0/s1. The summed E-state index contributed by atoms with van der Waals surface area (Å²) in [4.78, 5) is 25.1. The van der Waals surface area contributed by atoms with Crippen LogP contribution in [0, 0.1) is 56.2 Å². The lowest BCUT2D eigenvalue weighted by Gasteiger charge is -2.73. The number of fused-ring (bicyclic) bond motifs is 4. The fourth-order valence-corrected chi connectivity index (χ4v) is 13.3. The Bertz CT molecular complexity index is 1490. The van der Waals surface area contributed by atoms with Gasteiger partial charge in [0, 0.05) is 17.3 Å². The van der Waals surface area contributed by atoms with E-state index in [2.05, 4.69) is 85.4 Å². The van der Waals surface area contributed by atoms with Gasteiger partial charge in [0.2, 0.25) is 0 Å². The van der Waals surface area contributed by atoms with Gasteiger partial charge in [-0.25, -0.2) is 4.79 Å². The summed E-state index contributed by atoms with van der Waals surface area (Å²) >= 11 is 0. The molecule has 0 amide bonds. The molecule has 1 aliphatic heterocycles. The number of nitroso groups, excluding NO2 is 1. The predicted molar refractivity (Wildman–Crippen MR) is 181 cm³/mol. The number of hydrogen-bond donors (Lipinski definition) is 0. The molecule has 46 heavy (non-hydrogen) atoms. The van der Waals surface area contributed by atoms with E-state index in [1.54, 1.807) is 0 Å². The highest BCUT2D eigenvalue weighted by Crippen LogP contribution is 2.78. The lowest BCUT2D eigenvalue weighted by Crippen LogP contribution is -2.73. The summed E-state index contributed by atoms with van der Waals surface area (Å²) in [5, 5.41) is 4.03. The minimum Gasteiger partial charge on any atom is -0.465 e. The fraction of sp³-hybridized carbons (Fsp3) is 0.725. The highest BCUT2D eigenvalue weighted by atomic mass is 16.7. The molecule has 0 spiro atoms. The molecular weight excluding hydrogens is 574 g/mol. The molecule has 0 N–H and O–H groups in total. The largest absolute Gasteiger partial charge is 0.465 e. The van der Waals surface area contributed by atoms with E-state index < -0.39 is 11.3 Å². The molecular formula is C40H55NO5. The summed E-state index contributed by atoms with van der Waals surface area (Å²) in [6.07, 6.45) is 9.11. The number of benzene rings is 1. The second kappa shape index (κ2) is 10.1. The quantitative estimate of drug-likeness (QED) is 0.188. The molecule has 6 aliphatic rings. The lowest BCUT2D eigenvalue weighted by molar-refractivity contribution is -0.274. The van der Waals surface area contributed by atoms with Crippen molar-refractivity contribution in [3.8, 4) is 0 Å². The van der Waals surface area contributed by atoms with E-state index in [0.29, 0.717) is 35.7 Å². The van der Waals surface area contributed by atoms with Gasteiger partial charge in [0.05, 0.1) is 24.9 Å². The van der Waals surface area contributed by atoms with Crippen LogP contribution in [0.15, 0.2) is 47.7 Å². The molecule has 0 radical (unpaired) electrons. The van der Waals surface area contributed by atoms with E-state index in [1.165, 1.54) is 23.8 Å². The third-order valence-corrected chi connectivity index (χ3v) is 15.3. The third-order valence-electron chi connectivity index (χ3n) is 15.3. The summed E-state index contributed by atoms with van der Waals surface area (Å²) in [6.45, 7) is 23.3. The summed E-state index contributed by atoms with van der Waals surface area (Å²) in [7, 11) is 1.42. The van der Waals surface area contributed by atoms with Crippen molar-refractivity contribution in [1.82, 2.24) is 0 Å². The Labute approximate surface area is 276 Å². The van der Waals surface area contributed by atoms with Crippen LogP contribution < -0.4 is 0 Å². The molecule has 1 heterocycles. The van der Waals surface area contributed by atoms with Crippen LogP contribution in [-0.4, -0.2) is 36.6 Å². The number of hydrogen-bond acceptors (Lipinski definition) is 6. The zero-order valence-electron chi connectivity index (χ0n) is 29.6. The first-order valence-electron chi connectivity index (χ1n) is 17.7. The Morgan fingerprint density at radius 1 is 0.935 bits per heavy atom. The Morgan fingerprint density at radius 2 is 1.61 bits per heavy atom. The van der Waals surface area contributed by atoms with Crippen LogP contribution in [-0.2, 0) is 14.2 Å². The Balaban J connectivity index is 1.35. The normalized spacial score (nSPS) is 46.5. The molecule has 5 fully saturated rings. The van der Waals surface area contributed by atoms with Gasteiger partial charge in [0.25, 0.3) is 0 Å². The average Bonchev–Trinajstić information content (AvgIpc) is 3.35. The number of nitrogens with zero attached hydrogens (tertiary/aromatic N) is 1. The molecule has 0 aromatic heterocycles. The first kappa shape index (κ1) is 32.2. The van der Waals surface area contributed by atoms with Crippen LogP contribution in [0.4, 0.5) is 0 Å². The van der Waals surface area contributed by atoms with Gasteiger partial charge in [-0.2, -0.15) is 4.91 Å². The number of carbonyl (C=O) groups excluding carboxylic acids is 1. The van der Waals surface area contributed by atoms with Crippen LogP contribution in [0.5, 0.6) is 0 Å². The predicted octanol–water partition coefficient (Wildman–Crippen LogP) is 9.38. The molecule has 6 heteroatoms. The molecule has 5 aliphatic carbocycles. The van der Waals surface area contributed by atoms with Gasteiger partial charge >= 0.3 is 5.97 Å². The molecule has 0 bridgehead atoms. The Hall–Kier alpha value is -2.31. The third kappa shape index (κ3) is 3.98. The Morgan fingerprint density at radius 3 is 2.24 bits per heavy atom. The van der Waals surface area contributed by atoms with Gasteiger partial charge in [0.15, 0.2) is 5.79 Å². The highest BCUT2D eigenvalue weighted by Gasteiger charge is 2.77. The van der Waals surface area contributed by atoms with Crippen molar-refractivity contribution < 1.29 is 19.0 Å². The summed E-state index contributed by atoms with van der Waals surface area (Å²) in [5.74, 6) is 0.607. The van der Waals surface area contributed by atoms with Crippen molar-refractivity contribution in [2.75, 3.05) is 7.11 Å². The number of allylic oxidation sites excluding steroid dienone is 3. The second-order valence-electron chi connectivity index (χ2n) is 17.7. The zero-order valence-corrected chi connectivity index (χ0v) is 29.6. The molecule has 0 unspecified atom stereocenters. The van der Waals surface area contributed by atoms with Gasteiger partial charge in [-0.15, -0.1) is 0 Å². The summed E-state index contributed by atoms with van der Waals surface area (Å²) in [5.41, 5.74) is 3.36. The van der Waals surface area contributed by atoms with Gasteiger partial charge < -0.3 is 14.2 Å². The monoisotopic (exact) mass is 629 g/mol. The van der Waals surface area contributed by atoms with Crippen molar-refractivity contribution in [3.05, 3.63) is 58.5 Å². The minimum absolute atomic E-state index is 0.0186. The molecule has 4 saturated carbocycles. The maximum absolute atomic E-state index is 12.9. The van der Waals surface area contributed by atoms with E-state index >= 15 is 0 Å². The number of ether oxygens (including phenoxy) is 3. The van der Waals surface area contributed by atoms with E-state index in [1.807, 2.05) is 12.1 Å². The maximum atomic E-state index is 12.9. The number of carbonyl (C=O) groups is 1. The van der Waals surface area contributed by atoms with Gasteiger partial charge in [-0.05, 0) is 123 Å². The molecule has 11 atom stereocenters. The van der Waals surface area contributed by atoms with Crippen LogP contribution in [0.1, 0.15) is 116 Å². The smallest absolute Gasteiger partial charge is 0.337 e. The second-order valence-corrected chi connectivity index (χ2v) is 17.7. The van der Waals surface area contributed by atoms with Gasteiger partial charge in [0.1, 0.15) is 5.54 Å². The minimum atomic E-state index is -0.772. The summed E-state index contributed by atoms with van der Waals surface area (Å²) < 4.78 is 19.3. The van der Waals surface area contributed by atoms with Crippen LogP contribution in [0.25, 0.3) is 5.57 Å². The van der Waals surface area contributed by atoms with Crippen molar-refractivity contribution in [3.63, 3.8) is 0 Å². The van der Waals surface area contributed by atoms with Crippen molar-refractivity contribution in [2.24, 2.45) is 56.4 Å². The summed E-state index contributed by atoms with van der Waals surface area (Å²) in [6, 6.07) is 7.94. The molecule has 1 aromatic carbocycles. The first-order chi connectivity index (χ1) is 21.5. The molecule has 1 aromatic rings. The molecule has 7 rings (SSSR count). The van der Waals surface area contributed by atoms with Gasteiger partial charge in [-0.1, -0.05) is 70.2 Å². The Kier molecular flexibility index (Phi) is 7.08. The first-order valence-corrected chi connectivity index (χ1v) is 17.7.